The van der Waals surface area contributed by atoms with E-state index in [2.05, 4.69) is 5.32 Å². The second kappa shape index (κ2) is 9.60. The monoisotopic (exact) mass is 302 g/mol. The van der Waals surface area contributed by atoms with Crippen molar-refractivity contribution in [2.75, 3.05) is 13.2 Å². The number of esters is 1. The zero-order valence-corrected chi connectivity index (χ0v) is 13.9. The van der Waals surface area contributed by atoms with Gasteiger partial charge in [-0.25, -0.2) is 9.59 Å². The molecule has 0 fully saturated rings. The van der Waals surface area contributed by atoms with Crippen molar-refractivity contribution in [3.05, 3.63) is 0 Å². The molecule has 0 aliphatic rings. The number of nitrogens with one attached hydrogen (secondary N) is 1. The average molecular weight is 302 g/mol. The number of hydrogen-bond donors (Lipinski definition) is 2. The van der Waals surface area contributed by atoms with Gasteiger partial charge in [0.15, 0.2) is 0 Å². The molecule has 0 radical (unpaired) electrons. The summed E-state index contributed by atoms with van der Waals surface area (Å²) in [6.45, 7) is 10.1. The van der Waals surface area contributed by atoms with Gasteiger partial charge in [-0.15, -0.1) is 0 Å². The topological polar surface area (TPSA) is 90.6 Å². The van der Waals surface area contributed by atoms with E-state index in [0.29, 0.717) is 19.6 Å². The molecule has 0 aliphatic carbocycles. The fourth-order valence-corrected chi connectivity index (χ4v) is 1.54. The van der Waals surface area contributed by atoms with Crippen molar-refractivity contribution in [1.29, 1.82) is 0 Å². The highest BCUT2D eigenvalue weighted by molar-refractivity contribution is 5.81. The van der Waals surface area contributed by atoms with Crippen LogP contribution in [0.3, 0.4) is 0 Å². The first-order chi connectivity index (χ1) is 9.65. The van der Waals surface area contributed by atoms with Gasteiger partial charge < -0.3 is 20.5 Å². The zero-order chi connectivity index (χ0) is 16.5. The third-order valence-corrected chi connectivity index (χ3v) is 2.48. The van der Waals surface area contributed by atoms with Gasteiger partial charge in [0.2, 0.25) is 0 Å². The van der Waals surface area contributed by atoms with Gasteiger partial charge in [-0.2, -0.15) is 0 Å². The third kappa shape index (κ3) is 11.1. The fourth-order valence-electron chi connectivity index (χ4n) is 1.54. The van der Waals surface area contributed by atoms with Crippen molar-refractivity contribution in [1.82, 2.24) is 5.32 Å². The summed E-state index contributed by atoms with van der Waals surface area (Å²) in [5, 5.41) is 2.58. The maximum Gasteiger partial charge on any atom is 0.408 e. The van der Waals surface area contributed by atoms with Gasteiger partial charge in [0.1, 0.15) is 11.6 Å². The smallest absolute Gasteiger partial charge is 0.408 e. The van der Waals surface area contributed by atoms with E-state index < -0.39 is 23.7 Å². The molecule has 0 aromatic rings. The average Bonchev–Trinajstić information content (AvgIpc) is 2.32. The summed E-state index contributed by atoms with van der Waals surface area (Å²) in [4.78, 5) is 23.8. The molecular formula is C15H30N2O4. The Morgan fingerprint density at radius 1 is 1.19 bits per heavy atom. The maximum atomic E-state index is 12.0. The van der Waals surface area contributed by atoms with Gasteiger partial charge in [-0.05, 0) is 52.5 Å². The summed E-state index contributed by atoms with van der Waals surface area (Å²) in [6, 6.07) is -0.690. The van der Waals surface area contributed by atoms with Crippen molar-refractivity contribution < 1.29 is 19.1 Å². The van der Waals surface area contributed by atoms with Crippen LogP contribution in [0.4, 0.5) is 4.79 Å². The minimum absolute atomic E-state index is 0.250. The Kier molecular flexibility index (Phi) is 9.01. The van der Waals surface area contributed by atoms with E-state index in [1.54, 1.807) is 20.8 Å². The number of ether oxygens (including phenoxy) is 2. The van der Waals surface area contributed by atoms with Crippen LogP contribution in [0.15, 0.2) is 0 Å². The number of rotatable bonds is 8. The number of unbranched alkanes of at least 4 members (excludes halogenated alkanes) is 1. The molecule has 21 heavy (non-hydrogen) atoms. The number of alkyl carbamates (subject to hydrolysis) is 1. The molecule has 3 N–H and O–H groups in total. The molecule has 0 aromatic carbocycles. The van der Waals surface area contributed by atoms with E-state index in [4.69, 9.17) is 15.2 Å². The molecule has 6 nitrogen and oxygen atoms in total. The predicted molar refractivity (Wildman–Crippen MR) is 81.9 cm³/mol. The van der Waals surface area contributed by atoms with Crippen LogP contribution in [0.2, 0.25) is 0 Å². The molecule has 0 heterocycles. The van der Waals surface area contributed by atoms with Crippen LogP contribution in [-0.4, -0.2) is 36.9 Å². The zero-order valence-electron chi connectivity index (χ0n) is 13.9. The molecule has 0 saturated heterocycles. The summed E-state index contributed by atoms with van der Waals surface area (Å²) in [7, 11) is 0. The Hall–Kier alpha value is -1.30. The largest absolute Gasteiger partial charge is 0.464 e. The van der Waals surface area contributed by atoms with Crippen LogP contribution in [-0.2, 0) is 14.3 Å². The maximum absolute atomic E-state index is 12.0. The molecule has 0 aliphatic heterocycles. The minimum Gasteiger partial charge on any atom is -0.464 e. The minimum atomic E-state index is -0.690. The van der Waals surface area contributed by atoms with Crippen molar-refractivity contribution in [3.63, 3.8) is 0 Å². The van der Waals surface area contributed by atoms with Gasteiger partial charge in [0.25, 0.3) is 0 Å². The number of amides is 1. The first kappa shape index (κ1) is 19.7. The van der Waals surface area contributed by atoms with E-state index >= 15 is 0 Å². The van der Waals surface area contributed by atoms with E-state index in [-0.39, 0.29) is 5.92 Å². The Morgan fingerprint density at radius 3 is 2.29 bits per heavy atom. The first-order valence-corrected chi connectivity index (χ1v) is 7.52. The highest BCUT2D eigenvalue weighted by atomic mass is 16.6. The van der Waals surface area contributed by atoms with Crippen molar-refractivity contribution in [2.24, 2.45) is 11.7 Å². The lowest BCUT2D eigenvalue weighted by molar-refractivity contribution is -0.147. The van der Waals surface area contributed by atoms with Gasteiger partial charge in [-0.3, -0.25) is 0 Å². The number of carbonyl (C=O) groups excluding carboxylic acids is 2. The van der Waals surface area contributed by atoms with Crippen molar-refractivity contribution in [2.45, 2.75) is 65.5 Å². The molecule has 0 bridgehead atoms. The summed E-state index contributed by atoms with van der Waals surface area (Å²) in [5.41, 5.74) is 4.84. The molecule has 0 rings (SSSR count). The molecule has 0 spiro atoms. The Bertz CT molecular complexity index is 324. The van der Waals surface area contributed by atoms with Crippen molar-refractivity contribution in [3.8, 4) is 0 Å². The molecule has 0 unspecified atom stereocenters. The van der Waals surface area contributed by atoms with Gasteiger partial charge in [0.05, 0.1) is 6.61 Å². The number of nitrogens with two attached hydrogens (primary N) is 1. The van der Waals surface area contributed by atoms with Crippen molar-refractivity contribution >= 4 is 12.1 Å². The molecule has 0 aromatic heterocycles. The standard InChI is InChI=1S/C15H30N2O4/c1-11(2)10-20-13(18)12(8-6-7-9-16)17-14(19)21-15(3,4)5/h11-12H,6-10,16H2,1-5H3,(H,17,19)/t12-/m0/s1. The lowest BCUT2D eigenvalue weighted by Gasteiger charge is -2.23. The number of carbonyl (C=O) groups is 2. The molecule has 0 saturated carbocycles. The quantitative estimate of drug-likeness (QED) is 0.530. The summed E-state index contributed by atoms with van der Waals surface area (Å²) >= 11 is 0. The summed E-state index contributed by atoms with van der Waals surface area (Å²) in [6.07, 6.45) is 1.42. The molecule has 1 atom stereocenters. The Labute approximate surface area is 127 Å². The summed E-state index contributed by atoms with van der Waals surface area (Å²) < 4.78 is 10.4. The Balaban J connectivity index is 4.50. The van der Waals surface area contributed by atoms with Crippen LogP contribution in [0.5, 0.6) is 0 Å². The van der Waals surface area contributed by atoms with Crippen LogP contribution in [0.25, 0.3) is 0 Å². The molecular weight excluding hydrogens is 272 g/mol. The number of hydrogen-bond acceptors (Lipinski definition) is 5. The molecule has 124 valence electrons. The predicted octanol–water partition coefficient (Wildman–Crippen LogP) is 2.21. The van der Waals surface area contributed by atoms with E-state index in [0.717, 1.165) is 12.8 Å². The van der Waals surface area contributed by atoms with E-state index in [1.807, 2.05) is 13.8 Å². The molecule has 6 heteroatoms. The van der Waals surface area contributed by atoms with Crippen LogP contribution >= 0.6 is 0 Å². The second-order valence-corrected chi connectivity index (χ2v) is 6.51. The van der Waals surface area contributed by atoms with Gasteiger partial charge in [-0.1, -0.05) is 13.8 Å². The van der Waals surface area contributed by atoms with Gasteiger partial charge >= 0.3 is 12.1 Å². The van der Waals surface area contributed by atoms with Gasteiger partial charge in [0, 0.05) is 0 Å². The highest BCUT2D eigenvalue weighted by Gasteiger charge is 2.25. The van der Waals surface area contributed by atoms with Crippen LogP contribution < -0.4 is 11.1 Å². The van der Waals surface area contributed by atoms with E-state index in [1.165, 1.54) is 0 Å². The van der Waals surface area contributed by atoms with Crippen LogP contribution in [0.1, 0.15) is 53.9 Å². The second-order valence-electron chi connectivity index (χ2n) is 6.51. The Morgan fingerprint density at radius 2 is 1.81 bits per heavy atom. The molecule has 1 amide bonds. The van der Waals surface area contributed by atoms with Crippen LogP contribution in [0, 0.1) is 5.92 Å². The third-order valence-electron chi connectivity index (χ3n) is 2.48. The summed E-state index contributed by atoms with van der Waals surface area (Å²) in [5.74, 6) is -0.174. The lowest BCUT2D eigenvalue weighted by Crippen LogP contribution is -2.44. The van der Waals surface area contributed by atoms with E-state index in [9.17, 15) is 9.59 Å². The fraction of sp³-hybridized carbons (Fsp3) is 0.867. The highest BCUT2D eigenvalue weighted by Crippen LogP contribution is 2.09. The first-order valence-electron chi connectivity index (χ1n) is 7.52. The normalized spacial score (nSPS) is 12.9. The lowest BCUT2D eigenvalue weighted by atomic mass is 10.1. The SMILES string of the molecule is CC(C)COC(=O)[C@H](CCCCN)NC(=O)OC(C)(C)C.